The summed E-state index contributed by atoms with van der Waals surface area (Å²) in [5.41, 5.74) is 42.3. The lowest BCUT2D eigenvalue weighted by Gasteiger charge is -2.08. The predicted molar refractivity (Wildman–Crippen MR) is 571 cm³/mol. The third-order valence-corrected chi connectivity index (χ3v) is 27.0. The number of methoxy groups -OCH3 is 2. The number of aryl methyl sites for hydroxylation is 10. The van der Waals surface area contributed by atoms with Crippen molar-refractivity contribution in [2.75, 3.05) is 21.0 Å². The highest BCUT2D eigenvalue weighted by Crippen LogP contribution is 2.44. The van der Waals surface area contributed by atoms with E-state index in [1.165, 1.54) is 78.6 Å². The van der Waals surface area contributed by atoms with E-state index in [1.54, 1.807) is 21.1 Å². The number of para-hydroxylation sites is 12. The summed E-state index contributed by atoms with van der Waals surface area (Å²) in [5, 5.41) is 3.33. The summed E-state index contributed by atoms with van der Waals surface area (Å²) >= 11 is 6.18. The fourth-order valence-electron chi connectivity index (χ4n) is 18.7. The third kappa shape index (κ3) is 22.1. The summed E-state index contributed by atoms with van der Waals surface area (Å²) in [4.78, 5) is 83.3. The Morgan fingerprint density at radius 3 is 0.881 bits per heavy atom. The van der Waals surface area contributed by atoms with Gasteiger partial charge in [0.05, 0.1) is 149 Å². The van der Waals surface area contributed by atoms with E-state index in [1.807, 2.05) is 226 Å². The number of rotatable bonds is 20. The molecule has 0 unspecified atom stereocenters. The van der Waals surface area contributed by atoms with Gasteiger partial charge >= 0.3 is 0 Å². The summed E-state index contributed by atoms with van der Waals surface area (Å²) < 4.78 is 35.2. The molecular weight excluding hydrogens is 1800 g/mol. The highest BCUT2D eigenvalue weighted by molar-refractivity contribution is 6.31. The van der Waals surface area contributed by atoms with Gasteiger partial charge in [0.15, 0.2) is 23.0 Å². The second-order valence-electron chi connectivity index (χ2n) is 36.8. The Balaban J connectivity index is 0.000000101. The number of benzene rings is 13. The Morgan fingerprint density at radius 2 is 0.517 bits per heavy atom. The minimum absolute atomic E-state index is 0.186. The highest BCUT2D eigenvalue weighted by Gasteiger charge is 2.26. The molecule has 143 heavy (non-hydrogen) atoms. The molecule has 7 aliphatic heterocycles. The molecule has 26 rings (SSSR count). The van der Waals surface area contributed by atoms with Crippen molar-refractivity contribution in [2.45, 2.75) is 143 Å². The van der Waals surface area contributed by atoms with Crippen molar-refractivity contribution in [1.82, 2.24) is 59.8 Å². The van der Waals surface area contributed by atoms with Gasteiger partial charge in [-0.2, -0.15) is 0 Å². The summed E-state index contributed by atoms with van der Waals surface area (Å²) in [6.45, 7) is 8.44. The number of halogens is 2. The maximum Gasteiger partial charge on any atom is 0.231 e. The molecule has 0 saturated heterocycles. The van der Waals surface area contributed by atoms with Gasteiger partial charge in [0.2, 0.25) is 6.79 Å². The number of aromatic nitrogens is 12. The molecular formula is C119H102ClFN18O4. The lowest BCUT2D eigenvalue weighted by atomic mass is 10.0. The topological polar surface area (TPSA) is 266 Å². The predicted octanol–water partition coefficient (Wildman–Crippen LogP) is 26.3. The lowest BCUT2D eigenvalue weighted by Crippen LogP contribution is -2.02. The zero-order chi connectivity index (χ0) is 97.2. The SMILES string of the molecule is COc1cc2c(cc1OC)N=C(CCc1cnc3ccccc3n1)C2.Cc1cc2c(cc1C)N=C(CCc1cnc3ccccc3n1)C2.Cc1cc2c(cc1Cl)N=C(CCc1cnc3ccccc3n1)C2.Cc1cc2c(cc1F)N=C(CCc1cnc3ccccc3n1)C2.c1ccc2cc3c(cc2c1)CC(CCc1cnc2ccccc2n1)=N3.c1ccc2nc(CCC3=Nc4cc5c(cc4C3)OCO5)cnc2c1. The number of nitrogens with zero attached hydrogens (tertiary/aromatic N) is 18. The monoisotopic (exact) mass is 1900 g/mol. The van der Waals surface area contributed by atoms with Crippen molar-refractivity contribution >= 4 is 157 Å². The minimum Gasteiger partial charge on any atom is -0.493 e. The van der Waals surface area contributed by atoms with Crippen LogP contribution in [0, 0.1) is 33.5 Å². The Bertz CT molecular complexity index is 8000. The van der Waals surface area contributed by atoms with Crippen molar-refractivity contribution in [3.05, 3.63) is 380 Å². The minimum atomic E-state index is -0.186. The second kappa shape index (κ2) is 42.3. The highest BCUT2D eigenvalue weighted by atomic mass is 35.5. The van der Waals surface area contributed by atoms with Crippen LogP contribution in [0.4, 0.5) is 38.5 Å². The largest absolute Gasteiger partial charge is 0.493 e. The first-order chi connectivity index (χ1) is 70.0. The third-order valence-electron chi connectivity index (χ3n) is 26.6. The van der Waals surface area contributed by atoms with Gasteiger partial charge < -0.3 is 18.9 Å². The van der Waals surface area contributed by atoms with E-state index < -0.39 is 0 Å². The van der Waals surface area contributed by atoms with E-state index in [0.717, 1.165) is 295 Å². The molecule has 24 heteroatoms. The molecule has 0 N–H and O–H groups in total. The number of ether oxygens (including phenoxy) is 4. The first-order valence-electron chi connectivity index (χ1n) is 48.5. The Kier molecular flexibility index (Phi) is 27.5. The first-order valence-corrected chi connectivity index (χ1v) is 48.9. The summed E-state index contributed by atoms with van der Waals surface area (Å²) in [7, 11) is 3.29. The van der Waals surface area contributed by atoms with Gasteiger partial charge in [-0.05, 0) is 280 Å². The Morgan fingerprint density at radius 1 is 0.259 bits per heavy atom. The number of hydrogen-bond acceptors (Lipinski definition) is 22. The van der Waals surface area contributed by atoms with Gasteiger partial charge in [0, 0.05) is 133 Å². The number of aliphatic imine (C=N–C) groups is 6. The summed E-state index contributed by atoms with van der Waals surface area (Å²) in [5.74, 6) is 2.89. The van der Waals surface area contributed by atoms with Gasteiger partial charge in [-0.15, -0.1) is 0 Å². The van der Waals surface area contributed by atoms with Crippen molar-refractivity contribution in [1.29, 1.82) is 0 Å². The normalized spacial score (nSPS) is 13.4. The van der Waals surface area contributed by atoms with Crippen LogP contribution < -0.4 is 18.9 Å². The molecule has 706 valence electrons. The quantitative estimate of drug-likeness (QED) is 0.0686. The molecule has 0 saturated carbocycles. The van der Waals surface area contributed by atoms with Gasteiger partial charge in [-0.1, -0.05) is 127 Å². The van der Waals surface area contributed by atoms with Crippen LogP contribution in [-0.2, 0) is 77.0 Å². The van der Waals surface area contributed by atoms with Gasteiger partial charge in [0.25, 0.3) is 0 Å². The van der Waals surface area contributed by atoms with Gasteiger partial charge in [0.1, 0.15) is 5.82 Å². The van der Waals surface area contributed by atoms with E-state index >= 15 is 0 Å². The van der Waals surface area contributed by atoms with E-state index in [2.05, 4.69) is 123 Å². The molecule has 0 radical (unpaired) electrons. The Labute approximate surface area is 832 Å². The van der Waals surface area contributed by atoms with Crippen LogP contribution in [0.5, 0.6) is 23.0 Å². The summed E-state index contributed by atoms with van der Waals surface area (Å²) in [6.07, 6.45) is 27.0. The van der Waals surface area contributed by atoms with Crippen molar-refractivity contribution < 1.29 is 23.3 Å². The molecule has 0 amide bonds. The average Bonchev–Trinajstić information content (AvgIpc) is 1.85. The van der Waals surface area contributed by atoms with Crippen LogP contribution >= 0.6 is 11.6 Å². The first kappa shape index (κ1) is 92.9. The van der Waals surface area contributed by atoms with Crippen LogP contribution in [0.1, 0.15) is 128 Å². The molecule has 13 aromatic carbocycles. The van der Waals surface area contributed by atoms with E-state index in [9.17, 15) is 4.39 Å². The van der Waals surface area contributed by atoms with Crippen LogP contribution in [0.25, 0.3) is 77.0 Å². The lowest BCUT2D eigenvalue weighted by molar-refractivity contribution is 0.174. The molecule has 22 nitrogen and oxygen atoms in total. The maximum absolute atomic E-state index is 13.6. The molecule has 6 aromatic heterocycles. The molecule has 19 aromatic rings. The van der Waals surface area contributed by atoms with Gasteiger partial charge in [-0.25, -0.2) is 34.3 Å². The number of hydrogen-bond donors (Lipinski definition) is 0. The molecule has 13 heterocycles. The van der Waals surface area contributed by atoms with Gasteiger partial charge in [-0.3, -0.25) is 59.9 Å². The maximum atomic E-state index is 13.6. The van der Waals surface area contributed by atoms with Crippen molar-refractivity contribution in [3.63, 3.8) is 0 Å². The molecule has 0 atom stereocenters. The van der Waals surface area contributed by atoms with E-state index in [4.69, 9.17) is 65.5 Å². The number of fused-ring (bicyclic) bond motifs is 14. The van der Waals surface area contributed by atoms with E-state index in [-0.39, 0.29) is 5.82 Å². The summed E-state index contributed by atoms with van der Waals surface area (Å²) in [6, 6.07) is 80.6. The molecule has 0 aliphatic carbocycles. The average molecular weight is 1900 g/mol. The smallest absolute Gasteiger partial charge is 0.231 e. The van der Waals surface area contributed by atoms with Crippen LogP contribution in [0.15, 0.2) is 310 Å². The van der Waals surface area contributed by atoms with Crippen LogP contribution in [-0.4, -0.2) is 115 Å². The molecule has 0 spiro atoms. The molecule has 7 aliphatic rings. The van der Waals surface area contributed by atoms with Crippen molar-refractivity contribution in [3.8, 4) is 23.0 Å². The van der Waals surface area contributed by atoms with Crippen molar-refractivity contribution in [2.24, 2.45) is 30.0 Å². The second-order valence-corrected chi connectivity index (χ2v) is 37.2. The fraction of sp³-hybridized carbons (Fsp3) is 0.210. The zero-order valence-corrected chi connectivity index (χ0v) is 81.2. The standard InChI is InChI=1S/C22H17N3.C20H19N3O2.C20H19N3.C19H16ClN3.C19H16FN3.C19H15N3O2/c1-2-6-16-13-22-17(11-15(16)5-1)12-18(24-22)9-10-19-14-23-20-7-3-4-8-21(20)25-19;1-24-19-10-13-9-14(22-18(13)11-20(19)25-2)7-8-15-12-21-16-5-3-4-6-17(16)23-15;1-13-9-15-11-16(22-20(15)10-14(13)2)7-8-17-12-21-18-5-3-4-6-19(18)23-17;2*1-12-8-13-9-14(22-19(13)10-16(12)20)6-7-15-11-21-17-4-2-3-5-18(17)23-15;1-2-4-16-15(3-1)20-10-14(22-16)6-5-13-7-12-8-18-19(24-11-23-18)9-17(12)21-13/h1-8,11,13-14H,9-10,12H2;3-6,10-12H,7-9H2,1-2H3;3-6,9-10,12H,7-8,11H2,1-2H3;2*2-5,8,10-11H,6-7,9H2,1H3;1-4,8-10H,5-7,11H2. The van der Waals surface area contributed by atoms with E-state index in [0.29, 0.717) is 18.1 Å². The van der Waals surface area contributed by atoms with Crippen LogP contribution in [0.2, 0.25) is 5.02 Å². The molecule has 0 fully saturated rings. The Hall–Kier alpha value is -16.4. The molecule has 0 bridgehead atoms. The zero-order valence-electron chi connectivity index (χ0n) is 80.4. The van der Waals surface area contributed by atoms with Crippen LogP contribution in [0.3, 0.4) is 0 Å². The fourth-order valence-corrected chi connectivity index (χ4v) is 18.9.